The Bertz CT molecular complexity index is 799. The molecular formula is C17H16N4O2S. The molecule has 0 saturated carbocycles. The summed E-state index contributed by atoms with van der Waals surface area (Å²) in [5, 5.41) is 14.4. The molecule has 2 aromatic carbocycles. The number of aliphatic imine (C=N–C) groups is 1. The lowest BCUT2D eigenvalue weighted by molar-refractivity contribution is 0.102. The number of hydrogen-bond acceptors (Lipinski definition) is 5. The Hall–Kier alpha value is -2.98. The molecule has 0 fully saturated rings. The summed E-state index contributed by atoms with van der Waals surface area (Å²) in [6.07, 6.45) is 3.62. The number of nitriles is 1. The Morgan fingerprint density at radius 3 is 2.75 bits per heavy atom. The van der Waals surface area contributed by atoms with Gasteiger partial charge in [0.05, 0.1) is 18.4 Å². The number of benzene rings is 2. The van der Waals surface area contributed by atoms with Gasteiger partial charge in [-0.15, -0.1) is 0 Å². The van der Waals surface area contributed by atoms with Gasteiger partial charge in [0.1, 0.15) is 5.75 Å². The van der Waals surface area contributed by atoms with Gasteiger partial charge in [-0.25, -0.2) is 4.99 Å². The van der Waals surface area contributed by atoms with Gasteiger partial charge < -0.3 is 10.1 Å². The highest BCUT2D eigenvalue weighted by Crippen LogP contribution is 2.23. The lowest BCUT2D eigenvalue weighted by Gasteiger charge is -2.09. The van der Waals surface area contributed by atoms with Crippen LogP contribution in [-0.4, -0.2) is 24.4 Å². The predicted octanol–water partition coefficient (Wildman–Crippen LogP) is 3.37. The van der Waals surface area contributed by atoms with Gasteiger partial charge in [0.15, 0.2) is 11.4 Å². The zero-order chi connectivity index (χ0) is 17.4. The lowest BCUT2D eigenvalue weighted by Crippen LogP contribution is -2.14. The SMILES string of the molecule is COc1cccc(NC(=O)c2ccccc2N=C(NC#N)SC)c1. The molecule has 6 nitrogen and oxygen atoms in total. The van der Waals surface area contributed by atoms with E-state index in [1.165, 1.54) is 11.8 Å². The maximum Gasteiger partial charge on any atom is 0.257 e. The van der Waals surface area contributed by atoms with Crippen LogP contribution in [0.5, 0.6) is 5.75 Å². The van der Waals surface area contributed by atoms with Crippen molar-refractivity contribution in [3.8, 4) is 11.9 Å². The second-order valence-electron chi connectivity index (χ2n) is 4.56. The van der Waals surface area contributed by atoms with Crippen LogP contribution in [0.15, 0.2) is 53.5 Å². The topological polar surface area (TPSA) is 86.5 Å². The molecular weight excluding hydrogens is 324 g/mol. The summed E-state index contributed by atoms with van der Waals surface area (Å²) in [6, 6.07) is 14.0. The minimum atomic E-state index is -0.292. The molecule has 24 heavy (non-hydrogen) atoms. The van der Waals surface area contributed by atoms with Crippen molar-refractivity contribution in [1.82, 2.24) is 5.32 Å². The first-order valence-corrected chi connectivity index (χ1v) is 8.22. The van der Waals surface area contributed by atoms with Crippen molar-refractivity contribution >= 4 is 34.2 Å². The molecule has 0 radical (unpaired) electrons. The Morgan fingerprint density at radius 2 is 2.04 bits per heavy atom. The second-order valence-corrected chi connectivity index (χ2v) is 5.36. The number of amidine groups is 1. The van der Waals surface area contributed by atoms with Gasteiger partial charge in [0.2, 0.25) is 0 Å². The summed E-state index contributed by atoms with van der Waals surface area (Å²) in [6.45, 7) is 0. The number of rotatable bonds is 4. The summed E-state index contributed by atoms with van der Waals surface area (Å²) in [5.41, 5.74) is 1.51. The van der Waals surface area contributed by atoms with Crippen LogP contribution in [0.4, 0.5) is 11.4 Å². The number of methoxy groups -OCH3 is 1. The van der Waals surface area contributed by atoms with Gasteiger partial charge in [-0.05, 0) is 30.5 Å². The molecule has 2 N–H and O–H groups in total. The third-order valence-electron chi connectivity index (χ3n) is 3.05. The summed E-state index contributed by atoms with van der Waals surface area (Å²) >= 11 is 1.29. The standard InChI is InChI=1S/C17H16N4O2S/c1-23-13-7-5-6-12(10-13)20-16(22)14-8-3-4-9-15(14)21-17(24-2)19-11-18/h3-10H,1-2H3,(H,19,21)(H,20,22). The van der Waals surface area contributed by atoms with Crippen molar-refractivity contribution in [3.63, 3.8) is 0 Å². The molecule has 0 aliphatic heterocycles. The Kier molecular flexibility index (Phi) is 6.23. The zero-order valence-corrected chi connectivity index (χ0v) is 14.1. The van der Waals surface area contributed by atoms with Gasteiger partial charge >= 0.3 is 0 Å². The average molecular weight is 340 g/mol. The molecule has 0 atom stereocenters. The van der Waals surface area contributed by atoms with Crippen LogP contribution < -0.4 is 15.4 Å². The average Bonchev–Trinajstić information content (AvgIpc) is 2.61. The van der Waals surface area contributed by atoms with Gasteiger partial charge in [-0.3, -0.25) is 10.1 Å². The molecule has 1 amide bonds. The lowest BCUT2D eigenvalue weighted by atomic mass is 10.1. The first kappa shape index (κ1) is 17.4. The van der Waals surface area contributed by atoms with Crippen LogP contribution >= 0.6 is 11.8 Å². The monoisotopic (exact) mass is 340 g/mol. The molecule has 0 saturated heterocycles. The van der Waals surface area contributed by atoms with E-state index in [2.05, 4.69) is 15.6 Å². The second kappa shape index (κ2) is 8.60. The molecule has 0 bridgehead atoms. The van der Waals surface area contributed by atoms with Crippen LogP contribution in [0.1, 0.15) is 10.4 Å². The molecule has 0 heterocycles. The highest BCUT2D eigenvalue weighted by Gasteiger charge is 2.12. The smallest absolute Gasteiger partial charge is 0.257 e. The number of thioether (sulfide) groups is 1. The van der Waals surface area contributed by atoms with Crippen molar-refractivity contribution in [2.75, 3.05) is 18.7 Å². The quantitative estimate of drug-likeness (QED) is 0.386. The highest BCUT2D eigenvalue weighted by molar-refractivity contribution is 8.13. The molecule has 0 unspecified atom stereocenters. The Morgan fingerprint density at radius 1 is 1.25 bits per heavy atom. The minimum absolute atomic E-state index is 0.292. The fraction of sp³-hybridized carbons (Fsp3) is 0.118. The van der Waals surface area contributed by atoms with Crippen LogP contribution in [0.25, 0.3) is 0 Å². The van der Waals surface area contributed by atoms with E-state index >= 15 is 0 Å². The van der Waals surface area contributed by atoms with Gasteiger partial charge in [0.25, 0.3) is 5.91 Å². The number of amides is 1. The number of ether oxygens (including phenoxy) is 1. The van der Waals surface area contributed by atoms with Crippen LogP contribution in [0, 0.1) is 11.5 Å². The molecule has 0 aliphatic rings. The Balaban J connectivity index is 2.28. The van der Waals surface area contributed by atoms with Crippen LogP contribution in [-0.2, 0) is 0 Å². The summed E-state index contributed by atoms with van der Waals surface area (Å²) in [4.78, 5) is 16.9. The van der Waals surface area contributed by atoms with Crippen molar-refractivity contribution in [1.29, 1.82) is 5.26 Å². The van der Waals surface area contributed by atoms with E-state index in [-0.39, 0.29) is 5.91 Å². The van der Waals surface area contributed by atoms with Gasteiger partial charge in [-0.1, -0.05) is 30.0 Å². The first-order valence-electron chi connectivity index (χ1n) is 7.00. The molecule has 7 heteroatoms. The number of carbonyl (C=O) groups excluding carboxylic acids is 1. The number of nitrogens with one attached hydrogen (secondary N) is 2. The Labute approximate surface area is 144 Å². The van der Waals surface area contributed by atoms with Gasteiger partial charge in [-0.2, -0.15) is 5.26 Å². The van der Waals surface area contributed by atoms with Crippen LogP contribution in [0.3, 0.4) is 0 Å². The third-order valence-corrected chi connectivity index (χ3v) is 3.63. The van der Waals surface area contributed by atoms with E-state index in [0.29, 0.717) is 27.9 Å². The zero-order valence-electron chi connectivity index (χ0n) is 13.2. The summed E-state index contributed by atoms with van der Waals surface area (Å²) in [5.74, 6) is 0.363. The number of carbonyl (C=O) groups is 1. The largest absolute Gasteiger partial charge is 0.497 e. The summed E-state index contributed by atoms with van der Waals surface area (Å²) < 4.78 is 5.15. The van der Waals surface area contributed by atoms with Crippen molar-refractivity contribution in [2.24, 2.45) is 4.99 Å². The third kappa shape index (κ3) is 4.51. The van der Waals surface area contributed by atoms with Crippen molar-refractivity contribution in [2.45, 2.75) is 0 Å². The van der Waals surface area contributed by atoms with Crippen molar-refractivity contribution < 1.29 is 9.53 Å². The normalized spacial score (nSPS) is 10.6. The maximum absolute atomic E-state index is 12.5. The maximum atomic E-state index is 12.5. The minimum Gasteiger partial charge on any atom is -0.497 e. The predicted molar refractivity (Wildman–Crippen MR) is 96.7 cm³/mol. The molecule has 0 aliphatic carbocycles. The molecule has 2 rings (SSSR count). The number of hydrogen-bond donors (Lipinski definition) is 2. The summed E-state index contributed by atoms with van der Waals surface area (Å²) in [7, 11) is 1.57. The highest BCUT2D eigenvalue weighted by atomic mass is 32.2. The van der Waals surface area contributed by atoms with Gasteiger partial charge in [0, 0.05) is 11.8 Å². The van der Waals surface area contributed by atoms with E-state index in [9.17, 15) is 4.79 Å². The number of anilines is 1. The van der Waals surface area contributed by atoms with Crippen molar-refractivity contribution in [3.05, 3.63) is 54.1 Å². The molecule has 0 aromatic heterocycles. The van der Waals surface area contributed by atoms with E-state index < -0.39 is 0 Å². The molecule has 2 aromatic rings. The van der Waals surface area contributed by atoms with E-state index in [0.717, 1.165) is 0 Å². The van der Waals surface area contributed by atoms with E-state index in [1.54, 1.807) is 61.9 Å². The van der Waals surface area contributed by atoms with Crippen LogP contribution in [0.2, 0.25) is 0 Å². The molecule has 0 spiro atoms. The van der Waals surface area contributed by atoms with E-state index in [1.807, 2.05) is 6.19 Å². The van der Waals surface area contributed by atoms with E-state index in [4.69, 9.17) is 10.00 Å². The fourth-order valence-electron chi connectivity index (χ4n) is 1.94. The molecule has 122 valence electrons. The number of para-hydroxylation sites is 1. The fourth-order valence-corrected chi connectivity index (χ4v) is 2.28. The first-order chi connectivity index (χ1) is 11.7. The number of nitrogens with zero attached hydrogens (tertiary/aromatic N) is 2.